The number of unbranched alkanes of at least 4 members (excludes halogenated alkanes) is 2. The average Bonchev–Trinajstić information content (AvgIpc) is 1.66. The summed E-state index contributed by atoms with van der Waals surface area (Å²) in [7, 11) is -5.09. The van der Waals surface area contributed by atoms with Crippen LogP contribution in [-0.2, 0) is 57.4 Å². The van der Waals surface area contributed by atoms with Crippen molar-refractivity contribution < 1.29 is 67.0 Å². The van der Waals surface area contributed by atoms with Crippen LogP contribution in [0.2, 0.25) is 0 Å². The molecule has 23 nitrogen and oxygen atoms in total. The van der Waals surface area contributed by atoms with Gasteiger partial charge in [0, 0.05) is 54.4 Å². The Bertz CT molecular complexity index is 3800. The molecular weight excluding hydrogens is 1190 g/mol. The van der Waals surface area contributed by atoms with Crippen LogP contribution in [0.25, 0.3) is 21.3 Å². The van der Waals surface area contributed by atoms with Gasteiger partial charge in [-0.1, -0.05) is 69.7 Å². The van der Waals surface area contributed by atoms with Crippen LogP contribution in [0.5, 0.6) is 0 Å². The molecule has 6 aromatic rings. The van der Waals surface area contributed by atoms with E-state index in [1.54, 1.807) is 61.9 Å². The maximum absolute atomic E-state index is 15.3. The van der Waals surface area contributed by atoms with Gasteiger partial charge in [0.15, 0.2) is 0 Å². The minimum atomic E-state index is -5.09. The largest absolute Gasteiger partial charge is 0.396 e. The molecule has 0 bridgehead atoms. The lowest BCUT2D eigenvalue weighted by molar-refractivity contribution is -0.144. The van der Waals surface area contributed by atoms with Gasteiger partial charge >= 0.3 is 7.60 Å². The minimum Gasteiger partial charge on any atom is -0.391 e. The van der Waals surface area contributed by atoms with Crippen molar-refractivity contribution in [2.75, 3.05) is 16.8 Å². The molecule has 4 aromatic carbocycles. The summed E-state index contributed by atoms with van der Waals surface area (Å²) in [6, 6.07) is 16.1. The van der Waals surface area contributed by atoms with E-state index in [4.69, 9.17) is 5.73 Å². The molecule has 0 unspecified atom stereocenters. The number of fused-ring (bicyclic) bond motifs is 1. The van der Waals surface area contributed by atoms with Gasteiger partial charge in [-0.3, -0.25) is 52.6 Å². The molecule has 9 rings (SSSR count). The van der Waals surface area contributed by atoms with E-state index in [9.17, 15) is 62.6 Å². The number of anilines is 2. The lowest BCUT2D eigenvalue weighted by Gasteiger charge is -2.35. The molecule has 0 spiro atoms. The summed E-state index contributed by atoms with van der Waals surface area (Å²) in [4.78, 5) is 152. The molecule has 1 fully saturated rings. The van der Waals surface area contributed by atoms with Crippen molar-refractivity contribution >= 4 is 94.0 Å². The number of H-pyrrole nitrogens is 1. The second-order valence-corrected chi connectivity index (χ2v) is 26.4. The first-order valence-electron chi connectivity index (χ1n) is 29.4. The molecule has 3 aliphatic rings. The maximum Gasteiger partial charge on any atom is 0.396 e. The topological polar surface area (TPSA) is 353 Å². The lowest BCUT2D eigenvalue weighted by atomic mass is 9.85. The van der Waals surface area contributed by atoms with E-state index >= 15 is 4.39 Å². The molecule has 470 valence electrons. The number of rotatable bonds is 23. The highest BCUT2D eigenvalue weighted by atomic mass is 32.1. The van der Waals surface area contributed by atoms with Crippen molar-refractivity contribution in [3.63, 3.8) is 0 Å². The van der Waals surface area contributed by atoms with Crippen molar-refractivity contribution in [3.8, 4) is 10.4 Å². The summed E-state index contributed by atoms with van der Waals surface area (Å²) in [5.41, 5.74) is 10.4. The molecule has 5 heterocycles. The number of amides is 8. The predicted octanol–water partition coefficient (Wildman–Crippen LogP) is 5.92. The summed E-state index contributed by atoms with van der Waals surface area (Å²) in [5.74, 6) is -5.63. The number of aliphatic hydroxyl groups excluding tert-OH is 1. The van der Waals surface area contributed by atoms with Crippen LogP contribution in [0.4, 0.5) is 15.8 Å². The molecule has 8 amide bonds. The highest BCUT2D eigenvalue weighted by Crippen LogP contribution is 2.41. The first-order chi connectivity index (χ1) is 42.1. The van der Waals surface area contributed by atoms with Gasteiger partial charge in [0.1, 0.15) is 41.7 Å². The van der Waals surface area contributed by atoms with Gasteiger partial charge in [0.05, 0.1) is 33.9 Å². The Morgan fingerprint density at radius 3 is 2.31 bits per heavy atom. The Morgan fingerprint density at radius 1 is 0.888 bits per heavy atom. The van der Waals surface area contributed by atoms with Crippen LogP contribution in [-0.4, -0.2) is 125 Å². The number of benzene rings is 4. The van der Waals surface area contributed by atoms with Gasteiger partial charge in [-0.05, 0) is 128 Å². The lowest BCUT2D eigenvalue weighted by Crippen LogP contribution is -2.57. The number of halogens is 1. The number of hydrogen-bond acceptors (Lipinski definition) is 13. The van der Waals surface area contributed by atoms with E-state index in [0.717, 1.165) is 33.3 Å². The smallest absolute Gasteiger partial charge is 0.391 e. The maximum atomic E-state index is 15.3. The first-order valence-corrected chi connectivity index (χ1v) is 31.9. The van der Waals surface area contributed by atoms with E-state index in [2.05, 4.69) is 36.6 Å². The molecule has 11 N–H and O–H groups in total. The van der Waals surface area contributed by atoms with E-state index in [0.29, 0.717) is 59.8 Å². The summed E-state index contributed by atoms with van der Waals surface area (Å²) >= 11 is 1.54. The zero-order valence-corrected chi connectivity index (χ0v) is 51.5. The number of para-hydroxylation sites is 1. The third-order valence-electron chi connectivity index (χ3n) is 16.4. The SMILES string of the molecule is Cc1ncsc1-c1ccc([C@H](C)NC(=O)[C@@H]2C[C@@H](O)CN2C(=O)[C@@H](NC(=O)CCCCCc2cc(F)cc(NC(=O)[C@H](CCC(N)=O)NC(=O)[C@@H]3Cc4cccc5c4N3C(=O)[C@@H](NC(=O)c3cc4cc(C(=O)P(=O)(O)O)ccc4[nH]3)CC5)c2)C(C)(C)C)cc1. The summed E-state index contributed by atoms with van der Waals surface area (Å²) in [5, 5.41) is 25.0. The van der Waals surface area contributed by atoms with Crippen molar-refractivity contribution in [3.05, 3.63) is 135 Å². The number of hydrogen-bond donors (Lipinski definition) is 10. The van der Waals surface area contributed by atoms with Crippen LogP contribution >= 0.6 is 18.9 Å². The molecule has 7 atom stereocenters. The van der Waals surface area contributed by atoms with Gasteiger partial charge in [0.2, 0.25) is 41.4 Å². The van der Waals surface area contributed by atoms with Gasteiger partial charge < -0.3 is 57.1 Å². The Balaban J connectivity index is 0.781. The van der Waals surface area contributed by atoms with E-state index in [1.165, 1.54) is 40.1 Å². The zero-order chi connectivity index (χ0) is 64.2. The molecule has 2 aromatic heterocycles. The number of thiazole rings is 1. The van der Waals surface area contributed by atoms with Crippen LogP contribution < -0.4 is 37.2 Å². The number of primary amides is 1. The van der Waals surface area contributed by atoms with Crippen LogP contribution in [0.15, 0.2) is 90.4 Å². The Hall–Kier alpha value is -8.48. The second kappa shape index (κ2) is 27.1. The number of carbonyl (C=O) groups excluding carboxylic acids is 9. The van der Waals surface area contributed by atoms with Crippen molar-refractivity contribution in [2.24, 2.45) is 11.1 Å². The number of aromatic nitrogens is 2. The molecule has 89 heavy (non-hydrogen) atoms. The highest BCUT2D eigenvalue weighted by molar-refractivity contribution is 7.70. The minimum absolute atomic E-state index is 0.0206. The average molecular weight is 1260 g/mol. The molecule has 26 heteroatoms. The molecule has 0 aliphatic carbocycles. The number of nitrogens with zero attached hydrogens (tertiary/aromatic N) is 3. The number of β-amino-alcohol motifs (C(OH)–C–C–N with tert-alkyl or cyclic N) is 1. The number of aromatic amines is 1. The number of likely N-dealkylation sites (tertiary alicyclic amines) is 1. The predicted molar refractivity (Wildman–Crippen MR) is 330 cm³/mol. The number of nitrogens with one attached hydrogen (secondary N) is 6. The van der Waals surface area contributed by atoms with Crippen LogP contribution in [0.1, 0.15) is 134 Å². The molecule has 0 radical (unpaired) electrons. The fourth-order valence-electron chi connectivity index (χ4n) is 11.7. The van der Waals surface area contributed by atoms with Crippen molar-refractivity contribution in [2.45, 2.75) is 148 Å². The third-order valence-corrected chi connectivity index (χ3v) is 18.1. The van der Waals surface area contributed by atoms with Crippen LogP contribution in [0, 0.1) is 18.2 Å². The van der Waals surface area contributed by atoms with E-state index < -0.39 is 114 Å². The Labute approximate surface area is 516 Å². The van der Waals surface area contributed by atoms with Crippen molar-refractivity contribution in [1.29, 1.82) is 0 Å². The fourth-order valence-corrected chi connectivity index (χ4v) is 13.0. The summed E-state index contributed by atoms with van der Waals surface area (Å²) < 4.78 is 26.9. The quantitative estimate of drug-likeness (QED) is 0.0263. The van der Waals surface area contributed by atoms with Gasteiger partial charge in [-0.15, -0.1) is 11.3 Å². The number of carbonyl (C=O) groups is 9. The molecular formula is C63H72FN10O13PS. The molecule has 3 aliphatic heterocycles. The van der Waals surface area contributed by atoms with E-state index in [-0.39, 0.29) is 62.0 Å². The number of aryl methyl sites for hydroxylation is 3. The highest BCUT2D eigenvalue weighted by Gasteiger charge is 2.47. The van der Waals surface area contributed by atoms with Crippen LogP contribution in [0.3, 0.4) is 0 Å². The number of aliphatic hydroxyl groups is 1. The summed E-state index contributed by atoms with van der Waals surface area (Å²) in [6.07, 6.45) is 0.826. The van der Waals surface area contributed by atoms with E-state index in [1.807, 2.05) is 38.1 Å². The van der Waals surface area contributed by atoms with Gasteiger partial charge in [-0.2, -0.15) is 0 Å². The zero-order valence-electron chi connectivity index (χ0n) is 49.8. The summed E-state index contributed by atoms with van der Waals surface area (Å²) in [6.45, 7) is 9.11. The fraction of sp³-hybridized carbons (Fsp3) is 0.397. The normalized spacial score (nSPS) is 18.3. The standard InChI is InChI=1S/C63H72FN10O13PS/c1-33(36-14-16-38(17-15-36)54-34(2)66-32-89-54)67-58(80)49-30-44(75)31-73(49)61(83)55(63(3,4)5)72-52(77)13-8-6-7-10-35-24-42(64)29-43(25-35)68-56(78)46(22-23-51(65)76)70-59(81)50-28-39-12-9-11-37-18-21-47(60(82)74(50)53(37)39)71-57(79)48-27-41-26-40(19-20-45(41)69-48)62(84)88(85,86)87/h9,11-12,14-17,19-20,24-27,29,32-33,44,46-47,49-50,55,69,75H,6-8,10,13,18,21-23,28,30-31H2,1-5H3,(H2,65,76)(H,67,80)(H,68,78)(H,70,81)(H,71,79)(H,72,77)(H2,85,86,87)/t33-,44+,46-,47-,49-,50-,55+/m0/s1. The Kier molecular flexibility index (Phi) is 19.8. The van der Waals surface area contributed by atoms with Crippen molar-refractivity contribution in [1.82, 2.24) is 36.1 Å². The monoisotopic (exact) mass is 1260 g/mol. The second-order valence-electron chi connectivity index (χ2n) is 24.1. The number of nitrogens with two attached hydrogens (primary N) is 1. The first kappa shape index (κ1) is 65.0. The molecule has 1 saturated heterocycles. The Morgan fingerprint density at radius 2 is 1.62 bits per heavy atom. The van der Waals surface area contributed by atoms with Gasteiger partial charge in [-0.25, -0.2) is 9.37 Å². The molecule has 0 saturated carbocycles. The third kappa shape index (κ3) is 15.3. The van der Waals surface area contributed by atoms with Gasteiger partial charge in [0.25, 0.3) is 11.4 Å².